The molecule has 0 radical (unpaired) electrons. The van der Waals surface area contributed by atoms with Crippen molar-refractivity contribution in [1.82, 2.24) is 5.32 Å². The van der Waals surface area contributed by atoms with Gasteiger partial charge in [-0.1, -0.05) is 11.6 Å². The summed E-state index contributed by atoms with van der Waals surface area (Å²) in [6, 6.07) is 10.8. The van der Waals surface area contributed by atoms with Gasteiger partial charge < -0.3 is 19.5 Å². The van der Waals surface area contributed by atoms with Crippen LogP contribution in [0.15, 0.2) is 36.4 Å². The van der Waals surface area contributed by atoms with Crippen LogP contribution in [0.1, 0.15) is 24.1 Å². The summed E-state index contributed by atoms with van der Waals surface area (Å²) < 4.78 is 16.4. The number of carbonyl (C=O) groups excluding carboxylic acids is 1. The third-order valence-corrected chi connectivity index (χ3v) is 4.80. The van der Waals surface area contributed by atoms with Gasteiger partial charge in [-0.25, -0.2) is 0 Å². The van der Waals surface area contributed by atoms with Crippen molar-refractivity contribution < 1.29 is 19.0 Å². The molecular weight excluding hydrogens is 354 g/mol. The zero-order chi connectivity index (χ0) is 18.7. The van der Waals surface area contributed by atoms with Crippen molar-refractivity contribution in [2.75, 3.05) is 20.8 Å². The van der Waals surface area contributed by atoms with Gasteiger partial charge in [-0.3, -0.25) is 4.79 Å². The van der Waals surface area contributed by atoms with E-state index in [1.807, 2.05) is 37.3 Å². The van der Waals surface area contributed by atoms with Crippen molar-refractivity contribution in [1.29, 1.82) is 0 Å². The number of halogens is 1. The molecule has 1 heterocycles. The molecule has 3 rings (SSSR count). The van der Waals surface area contributed by atoms with Crippen LogP contribution < -0.4 is 19.5 Å². The molecule has 1 N–H and O–H groups in total. The summed E-state index contributed by atoms with van der Waals surface area (Å²) in [6.07, 6.45) is 0.601. The van der Waals surface area contributed by atoms with E-state index in [9.17, 15) is 4.79 Å². The Morgan fingerprint density at radius 1 is 1.23 bits per heavy atom. The second-order valence-electron chi connectivity index (χ2n) is 6.30. The fraction of sp³-hybridized carbons (Fsp3) is 0.350. The van der Waals surface area contributed by atoms with Crippen molar-refractivity contribution in [3.05, 3.63) is 52.5 Å². The smallest absolute Gasteiger partial charge is 0.227 e. The van der Waals surface area contributed by atoms with Gasteiger partial charge in [0, 0.05) is 10.6 Å². The average molecular weight is 376 g/mol. The summed E-state index contributed by atoms with van der Waals surface area (Å²) in [7, 11) is 3.21. The summed E-state index contributed by atoms with van der Waals surface area (Å²) in [6.45, 7) is 2.27. The van der Waals surface area contributed by atoms with E-state index < -0.39 is 0 Å². The van der Waals surface area contributed by atoms with Crippen LogP contribution in [-0.4, -0.2) is 26.7 Å². The maximum absolute atomic E-state index is 12.7. The van der Waals surface area contributed by atoms with E-state index in [0.717, 1.165) is 16.9 Å². The monoisotopic (exact) mass is 375 g/mol. The van der Waals surface area contributed by atoms with Crippen molar-refractivity contribution in [2.24, 2.45) is 5.92 Å². The second kappa shape index (κ2) is 7.87. The molecule has 0 unspecified atom stereocenters. The molecule has 138 valence electrons. The van der Waals surface area contributed by atoms with Gasteiger partial charge in [-0.05, 0) is 55.3 Å². The third kappa shape index (κ3) is 3.88. The van der Waals surface area contributed by atoms with Crippen LogP contribution in [0.3, 0.4) is 0 Å². The Hall–Kier alpha value is -2.40. The summed E-state index contributed by atoms with van der Waals surface area (Å²) in [5.41, 5.74) is 1.82. The lowest BCUT2D eigenvalue weighted by atomic mass is 9.95. The highest BCUT2D eigenvalue weighted by Gasteiger charge is 2.27. The number of hydrogen-bond donors (Lipinski definition) is 1. The molecular formula is C20H22ClNO4. The number of nitrogens with one attached hydrogen (secondary N) is 1. The molecule has 2 aromatic rings. The maximum atomic E-state index is 12.7. The quantitative estimate of drug-likeness (QED) is 0.863. The van der Waals surface area contributed by atoms with Gasteiger partial charge in [0.1, 0.15) is 23.9 Å². The standard InChI is InChI=1S/C20H22ClNO4/c1-12(17-10-16(24-2)5-7-19(17)25-3)22-20(23)14-8-13-9-15(21)4-6-18(13)26-11-14/h4-7,9-10,12,14H,8,11H2,1-3H3,(H,22,23)/t12-,14+/m1/s1. The zero-order valence-corrected chi connectivity index (χ0v) is 15.8. The van der Waals surface area contributed by atoms with Gasteiger partial charge in [0.2, 0.25) is 5.91 Å². The van der Waals surface area contributed by atoms with Crippen LogP contribution in [0.4, 0.5) is 0 Å². The fourth-order valence-electron chi connectivity index (χ4n) is 3.12. The predicted molar refractivity (Wildman–Crippen MR) is 100 cm³/mol. The molecule has 0 aromatic heterocycles. The number of hydrogen-bond acceptors (Lipinski definition) is 4. The molecule has 0 aliphatic carbocycles. The Balaban J connectivity index is 1.72. The second-order valence-corrected chi connectivity index (χ2v) is 6.74. The molecule has 2 aromatic carbocycles. The lowest BCUT2D eigenvalue weighted by Gasteiger charge is -2.26. The number of benzene rings is 2. The van der Waals surface area contributed by atoms with Gasteiger partial charge >= 0.3 is 0 Å². The van der Waals surface area contributed by atoms with E-state index in [-0.39, 0.29) is 17.9 Å². The molecule has 6 heteroatoms. The molecule has 0 spiro atoms. The van der Waals surface area contributed by atoms with Crippen molar-refractivity contribution in [3.8, 4) is 17.2 Å². The van der Waals surface area contributed by atoms with E-state index in [4.69, 9.17) is 25.8 Å². The van der Waals surface area contributed by atoms with Gasteiger partial charge in [0.05, 0.1) is 26.2 Å². The van der Waals surface area contributed by atoms with Crippen LogP contribution >= 0.6 is 11.6 Å². The Labute approximate surface area is 158 Å². The third-order valence-electron chi connectivity index (χ3n) is 4.56. The molecule has 0 saturated heterocycles. The zero-order valence-electron chi connectivity index (χ0n) is 15.0. The summed E-state index contributed by atoms with van der Waals surface area (Å²) in [5, 5.41) is 3.69. The fourth-order valence-corrected chi connectivity index (χ4v) is 3.31. The number of fused-ring (bicyclic) bond motifs is 1. The van der Waals surface area contributed by atoms with Crippen LogP contribution in [0, 0.1) is 5.92 Å². The normalized spacial score (nSPS) is 16.8. The summed E-state index contributed by atoms with van der Waals surface area (Å²) >= 11 is 6.05. The number of amides is 1. The SMILES string of the molecule is COc1ccc(OC)c([C@@H](C)NC(=O)[C@@H]2COc3ccc(Cl)cc3C2)c1. The first kappa shape index (κ1) is 18.4. The first-order chi connectivity index (χ1) is 12.5. The predicted octanol–water partition coefficient (Wildman–Crippen LogP) is 3.79. The van der Waals surface area contributed by atoms with Gasteiger partial charge in [-0.15, -0.1) is 0 Å². The van der Waals surface area contributed by atoms with Crippen LogP contribution in [-0.2, 0) is 11.2 Å². The van der Waals surface area contributed by atoms with Crippen molar-refractivity contribution in [3.63, 3.8) is 0 Å². The highest BCUT2D eigenvalue weighted by Crippen LogP contribution is 2.32. The molecule has 26 heavy (non-hydrogen) atoms. The minimum atomic E-state index is -0.264. The van der Waals surface area contributed by atoms with Crippen LogP contribution in [0.2, 0.25) is 5.02 Å². The van der Waals surface area contributed by atoms with Gasteiger partial charge in [-0.2, -0.15) is 0 Å². The van der Waals surface area contributed by atoms with Crippen molar-refractivity contribution in [2.45, 2.75) is 19.4 Å². The molecule has 2 atom stereocenters. The summed E-state index contributed by atoms with van der Waals surface area (Å²) in [5.74, 6) is 1.89. The first-order valence-corrected chi connectivity index (χ1v) is 8.83. The lowest BCUT2D eigenvalue weighted by Crippen LogP contribution is -2.38. The topological polar surface area (TPSA) is 56.8 Å². The Morgan fingerprint density at radius 2 is 2.04 bits per heavy atom. The summed E-state index contributed by atoms with van der Waals surface area (Å²) in [4.78, 5) is 12.7. The van der Waals surface area contributed by atoms with E-state index in [1.54, 1.807) is 20.3 Å². The molecule has 1 aliphatic heterocycles. The van der Waals surface area contributed by atoms with E-state index in [0.29, 0.717) is 29.5 Å². The number of carbonyl (C=O) groups is 1. The lowest BCUT2D eigenvalue weighted by molar-refractivity contribution is -0.126. The Morgan fingerprint density at radius 3 is 2.77 bits per heavy atom. The largest absolute Gasteiger partial charge is 0.497 e. The maximum Gasteiger partial charge on any atom is 0.227 e. The molecule has 1 amide bonds. The van der Waals surface area contributed by atoms with Crippen molar-refractivity contribution >= 4 is 17.5 Å². The molecule has 0 fully saturated rings. The average Bonchev–Trinajstić information content (AvgIpc) is 2.66. The van der Waals surface area contributed by atoms with E-state index >= 15 is 0 Å². The van der Waals surface area contributed by atoms with Crippen LogP contribution in [0.25, 0.3) is 0 Å². The highest BCUT2D eigenvalue weighted by atomic mass is 35.5. The van der Waals surface area contributed by atoms with Crippen LogP contribution in [0.5, 0.6) is 17.2 Å². The van der Waals surface area contributed by atoms with Gasteiger partial charge in [0.25, 0.3) is 0 Å². The minimum Gasteiger partial charge on any atom is -0.497 e. The number of ether oxygens (including phenoxy) is 3. The first-order valence-electron chi connectivity index (χ1n) is 8.45. The highest BCUT2D eigenvalue weighted by molar-refractivity contribution is 6.30. The molecule has 1 aliphatic rings. The minimum absolute atomic E-state index is 0.0620. The molecule has 0 bridgehead atoms. The van der Waals surface area contributed by atoms with Gasteiger partial charge in [0.15, 0.2) is 0 Å². The Kier molecular flexibility index (Phi) is 5.57. The van der Waals surface area contributed by atoms with E-state index in [1.165, 1.54) is 0 Å². The number of rotatable bonds is 5. The molecule has 0 saturated carbocycles. The Bertz CT molecular complexity index is 808. The molecule has 5 nitrogen and oxygen atoms in total. The van der Waals surface area contributed by atoms with E-state index in [2.05, 4.69) is 5.32 Å². The number of methoxy groups -OCH3 is 2.